The Bertz CT molecular complexity index is 536. The molecule has 2 rings (SSSR count). The Balaban J connectivity index is 0.00000392. The first-order valence-electron chi connectivity index (χ1n) is 10.7. The van der Waals surface area contributed by atoms with Crippen molar-refractivity contribution in [2.24, 2.45) is 4.99 Å². The number of rotatable bonds is 11. The molecule has 0 spiro atoms. The normalized spacial score (nSPS) is 14.9. The summed E-state index contributed by atoms with van der Waals surface area (Å²) in [5.74, 6) is 0.888. The Labute approximate surface area is 189 Å². The molecule has 0 bridgehead atoms. The molecule has 0 aliphatic carbocycles. The number of guanidine groups is 1. The van der Waals surface area contributed by atoms with Crippen molar-refractivity contribution in [3.05, 3.63) is 35.4 Å². The van der Waals surface area contributed by atoms with Crippen molar-refractivity contribution in [1.82, 2.24) is 20.4 Å². The third kappa shape index (κ3) is 9.56. The molecule has 0 atom stereocenters. The molecule has 1 aromatic carbocycles. The Morgan fingerprint density at radius 3 is 2.25 bits per heavy atom. The zero-order valence-corrected chi connectivity index (χ0v) is 20.4. The fourth-order valence-electron chi connectivity index (χ4n) is 3.57. The van der Waals surface area contributed by atoms with Gasteiger partial charge in [-0.2, -0.15) is 0 Å². The van der Waals surface area contributed by atoms with Gasteiger partial charge in [0.2, 0.25) is 0 Å². The number of hydrogen-bond acceptors (Lipinski definition) is 3. The molecule has 1 aliphatic heterocycles. The lowest BCUT2D eigenvalue weighted by molar-refractivity contribution is 0.297. The second-order valence-corrected chi connectivity index (χ2v) is 7.39. The van der Waals surface area contributed by atoms with Gasteiger partial charge in [-0.3, -0.25) is 9.89 Å². The molecule has 2 N–H and O–H groups in total. The summed E-state index contributed by atoms with van der Waals surface area (Å²) >= 11 is 0. The van der Waals surface area contributed by atoms with Crippen LogP contribution in [0.1, 0.15) is 50.7 Å². The van der Waals surface area contributed by atoms with Crippen LogP contribution in [0.3, 0.4) is 0 Å². The van der Waals surface area contributed by atoms with Gasteiger partial charge < -0.3 is 15.5 Å². The molecule has 5 nitrogen and oxygen atoms in total. The average molecular weight is 502 g/mol. The third-order valence-corrected chi connectivity index (χ3v) is 5.40. The Hall–Kier alpha value is -0.860. The fraction of sp³-hybridized carbons (Fsp3) is 0.682. The van der Waals surface area contributed by atoms with Gasteiger partial charge in [-0.15, -0.1) is 24.0 Å². The number of unbranched alkanes of at least 4 members (excludes halogenated alkanes) is 1. The minimum atomic E-state index is 0. The number of nitrogens with zero attached hydrogens (tertiary/aromatic N) is 3. The van der Waals surface area contributed by atoms with Crippen molar-refractivity contribution in [1.29, 1.82) is 0 Å². The van der Waals surface area contributed by atoms with Gasteiger partial charge in [0.05, 0.1) is 0 Å². The summed E-state index contributed by atoms with van der Waals surface area (Å²) < 4.78 is 0. The molecule has 0 radical (unpaired) electrons. The summed E-state index contributed by atoms with van der Waals surface area (Å²) in [7, 11) is 1.84. The van der Waals surface area contributed by atoms with Gasteiger partial charge >= 0.3 is 0 Å². The van der Waals surface area contributed by atoms with Crippen LogP contribution in [-0.4, -0.2) is 62.1 Å². The number of hydrogen-bond donors (Lipinski definition) is 2. The molecule has 1 fully saturated rings. The van der Waals surface area contributed by atoms with E-state index in [2.05, 4.69) is 63.5 Å². The second-order valence-electron chi connectivity index (χ2n) is 7.39. The lowest BCUT2D eigenvalue weighted by Crippen LogP contribution is -2.37. The van der Waals surface area contributed by atoms with Crippen molar-refractivity contribution in [3.8, 4) is 0 Å². The first-order valence-corrected chi connectivity index (χ1v) is 10.7. The van der Waals surface area contributed by atoms with Gasteiger partial charge in [0.1, 0.15) is 0 Å². The van der Waals surface area contributed by atoms with Crippen LogP contribution in [0.4, 0.5) is 0 Å². The summed E-state index contributed by atoms with van der Waals surface area (Å²) in [6, 6.07) is 8.99. The van der Waals surface area contributed by atoms with Gasteiger partial charge in [0.15, 0.2) is 5.96 Å². The number of aliphatic imine (C=N–C) groups is 1. The maximum absolute atomic E-state index is 4.33. The number of nitrogens with one attached hydrogen (secondary N) is 2. The largest absolute Gasteiger partial charge is 0.356 e. The SMILES string of the molecule is CCN(CC)CCCCNC(=NC)NCc1ccc(CN2CCCC2)cc1.I. The molecule has 1 aliphatic rings. The summed E-state index contributed by atoms with van der Waals surface area (Å²) in [6.45, 7) is 13.3. The molecule has 0 unspecified atom stereocenters. The van der Waals surface area contributed by atoms with Gasteiger partial charge in [-0.25, -0.2) is 0 Å². The lowest BCUT2D eigenvalue weighted by Gasteiger charge is -2.18. The summed E-state index contributed by atoms with van der Waals surface area (Å²) in [4.78, 5) is 9.35. The monoisotopic (exact) mass is 501 g/mol. The number of halogens is 1. The van der Waals surface area contributed by atoms with Crippen LogP contribution in [0.25, 0.3) is 0 Å². The van der Waals surface area contributed by atoms with Gasteiger partial charge in [0.25, 0.3) is 0 Å². The van der Waals surface area contributed by atoms with Gasteiger partial charge in [-0.1, -0.05) is 38.1 Å². The average Bonchev–Trinajstić information content (AvgIpc) is 3.21. The maximum Gasteiger partial charge on any atom is 0.191 e. The molecule has 1 aromatic rings. The van der Waals surface area contributed by atoms with Crippen LogP contribution >= 0.6 is 24.0 Å². The minimum absolute atomic E-state index is 0. The third-order valence-electron chi connectivity index (χ3n) is 5.40. The van der Waals surface area contributed by atoms with E-state index in [0.29, 0.717) is 0 Å². The maximum atomic E-state index is 4.33. The Morgan fingerprint density at radius 2 is 1.64 bits per heavy atom. The Kier molecular flexibility index (Phi) is 13.5. The van der Waals surface area contributed by atoms with E-state index in [9.17, 15) is 0 Å². The predicted molar refractivity (Wildman–Crippen MR) is 132 cm³/mol. The van der Waals surface area contributed by atoms with E-state index in [-0.39, 0.29) is 24.0 Å². The molecule has 1 saturated heterocycles. The number of benzene rings is 1. The standard InChI is InChI=1S/C22H39N5.HI/c1-4-26(5-2)15-7-6-14-24-22(23-3)25-18-20-10-12-21(13-11-20)19-27-16-8-9-17-27;/h10-13H,4-9,14-19H2,1-3H3,(H2,23,24,25);1H. The van der Waals surface area contributed by atoms with Crippen LogP contribution in [0.2, 0.25) is 0 Å². The highest BCUT2D eigenvalue weighted by Gasteiger charge is 2.11. The second kappa shape index (κ2) is 15.0. The fourth-order valence-corrected chi connectivity index (χ4v) is 3.57. The Morgan fingerprint density at radius 1 is 1.00 bits per heavy atom. The van der Waals surface area contributed by atoms with Crippen LogP contribution in [0.5, 0.6) is 0 Å². The van der Waals surface area contributed by atoms with E-state index in [4.69, 9.17) is 0 Å². The summed E-state index contributed by atoms with van der Waals surface area (Å²) in [5.41, 5.74) is 2.71. The summed E-state index contributed by atoms with van der Waals surface area (Å²) in [5, 5.41) is 6.84. The van der Waals surface area contributed by atoms with E-state index in [0.717, 1.165) is 38.7 Å². The van der Waals surface area contributed by atoms with Crippen LogP contribution in [0, 0.1) is 0 Å². The van der Waals surface area contributed by atoms with E-state index in [1.165, 1.54) is 56.4 Å². The summed E-state index contributed by atoms with van der Waals surface area (Å²) in [6.07, 6.45) is 5.10. The van der Waals surface area contributed by atoms with Crippen molar-refractivity contribution >= 4 is 29.9 Å². The highest BCUT2D eigenvalue weighted by Crippen LogP contribution is 2.13. The molecule has 0 amide bonds. The van der Waals surface area contributed by atoms with Crippen molar-refractivity contribution in [2.75, 3.05) is 46.3 Å². The molecular weight excluding hydrogens is 461 g/mol. The first kappa shape index (κ1) is 25.2. The topological polar surface area (TPSA) is 42.9 Å². The molecule has 28 heavy (non-hydrogen) atoms. The first-order chi connectivity index (χ1) is 13.2. The van der Waals surface area contributed by atoms with Crippen LogP contribution < -0.4 is 10.6 Å². The highest BCUT2D eigenvalue weighted by molar-refractivity contribution is 14.0. The van der Waals surface area contributed by atoms with E-state index < -0.39 is 0 Å². The molecule has 1 heterocycles. The smallest absolute Gasteiger partial charge is 0.191 e. The van der Waals surface area contributed by atoms with E-state index in [1.54, 1.807) is 0 Å². The predicted octanol–water partition coefficient (Wildman–Crippen LogP) is 3.69. The zero-order chi connectivity index (χ0) is 19.3. The van der Waals surface area contributed by atoms with Crippen molar-refractivity contribution in [3.63, 3.8) is 0 Å². The van der Waals surface area contributed by atoms with Crippen molar-refractivity contribution in [2.45, 2.75) is 52.6 Å². The lowest BCUT2D eigenvalue weighted by atomic mass is 10.1. The quantitative estimate of drug-likeness (QED) is 0.210. The van der Waals surface area contributed by atoms with E-state index >= 15 is 0 Å². The van der Waals surface area contributed by atoms with Crippen LogP contribution in [0.15, 0.2) is 29.3 Å². The number of likely N-dealkylation sites (tertiary alicyclic amines) is 1. The molecule has 0 aromatic heterocycles. The molecule has 6 heteroatoms. The molecule has 160 valence electrons. The van der Waals surface area contributed by atoms with Gasteiger partial charge in [-0.05, 0) is 69.5 Å². The highest BCUT2D eigenvalue weighted by atomic mass is 127. The van der Waals surface area contributed by atoms with Gasteiger partial charge in [0, 0.05) is 26.7 Å². The molecular formula is C22H40IN5. The minimum Gasteiger partial charge on any atom is -0.356 e. The van der Waals surface area contributed by atoms with Crippen LogP contribution in [-0.2, 0) is 13.1 Å². The molecule has 0 saturated carbocycles. The van der Waals surface area contributed by atoms with E-state index in [1.807, 2.05) is 7.05 Å². The van der Waals surface area contributed by atoms with Crippen molar-refractivity contribution < 1.29 is 0 Å². The zero-order valence-electron chi connectivity index (χ0n) is 18.0.